The summed E-state index contributed by atoms with van der Waals surface area (Å²) in [5.41, 5.74) is 2.20. The molecule has 0 radical (unpaired) electrons. The van der Waals surface area contributed by atoms with E-state index in [1.165, 1.54) is 18.1 Å². The van der Waals surface area contributed by atoms with Gasteiger partial charge in [-0.15, -0.1) is 0 Å². The van der Waals surface area contributed by atoms with Gasteiger partial charge in [-0.1, -0.05) is 0 Å². The molecule has 1 aromatic carbocycles. The van der Waals surface area contributed by atoms with E-state index in [2.05, 4.69) is 33.6 Å². The van der Waals surface area contributed by atoms with Crippen molar-refractivity contribution in [2.75, 3.05) is 57.3 Å². The quantitative estimate of drug-likeness (QED) is 0.745. The van der Waals surface area contributed by atoms with Gasteiger partial charge in [-0.05, 0) is 38.1 Å². The lowest BCUT2D eigenvalue weighted by molar-refractivity contribution is 0.0532. The Morgan fingerprint density at radius 3 is 1.97 bits per heavy atom. The van der Waals surface area contributed by atoms with E-state index >= 15 is 0 Å². The molecule has 2 amide bonds. The minimum absolute atomic E-state index is 0.0165. The largest absolute Gasteiger partial charge is 0.369 e. The fraction of sp³-hybridized carbons (Fsp3) is 0.478. The summed E-state index contributed by atoms with van der Waals surface area (Å²) in [4.78, 5) is 41.9. The molecule has 2 fully saturated rings. The molecule has 4 rings (SSSR count). The second-order valence-corrected chi connectivity index (χ2v) is 8.34. The third kappa shape index (κ3) is 4.85. The summed E-state index contributed by atoms with van der Waals surface area (Å²) in [5.74, 6) is -0.120. The molecule has 2 aromatic rings. The molecular weight excluding hydrogens is 392 g/mol. The number of benzene rings is 1. The van der Waals surface area contributed by atoms with Crippen LogP contribution in [0.5, 0.6) is 0 Å². The number of piperazine rings is 2. The SMILES string of the molecule is CC(C)N1CCN(c2ccc(C(=O)N3CCN(C(=O)c4cnccn4)CC3)cc2)CC1. The van der Waals surface area contributed by atoms with Crippen molar-refractivity contribution >= 4 is 17.5 Å². The number of nitrogens with zero attached hydrogens (tertiary/aromatic N) is 6. The summed E-state index contributed by atoms with van der Waals surface area (Å²) in [6.07, 6.45) is 4.54. The van der Waals surface area contributed by atoms with Crippen molar-refractivity contribution in [1.29, 1.82) is 0 Å². The molecule has 8 nitrogen and oxygen atoms in total. The van der Waals surface area contributed by atoms with E-state index in [1.54, 1.807) is 11.1 Å². The number of anilines is 1. The third-order valence-electron chi connectivity index (χ3n) is 6.16. The Hall–Kier alpha value is -3.00. The molecule has 31 heavy (non-hydrogen) atoms. The normalized spacial score (nSPS) is 17.8. The molecule has 8 heteroatoms. The topological polar surface area (TPSA) is 72.9 Å². The van der Waals surface area contributed by atoms with Crippen LogP contribution in [-0.4, -0.2) is 94.9 Å². The minimum atomic E-state index is -0.137. The van der Waals surface area contributed by atoms with Crippen LogP contribution in [0.25, 0.3) is 0 Å². The molecule has 0 saturated carbocycles. The van der Waals surface area contributed by atoms with Gasteiger partial charge in [0.25, 0.3) is 11.8 Å². The second kappa shape index (κ2) is 9.43. The second-order valence-electron chi connectivity index (χ2n) is 8.34. The maximum absolute atomic E-state index is 12.9. The third-order valence-corrected chi connectivity index (χ3v) is 6.16. The van der Waals surface area contributed by atoms with E-state index in [-0.39, 0.29) is 11.8 Å². The van der Waals surface area contributed by atoms with Crippen LogP contribution in [0.3, 0.4) is 0 Å². The summed E-state index contributed by atoms with van der Waals surface area (Å²) >= 11 is 0. The Labute approximate surface area is 183 Å². The number of rotatable bonds is 4. The van der Waals surface area contributed by atoms with E-state index in [0.29, 0.717) is 43.5 Å². The summed E-state index contributed by atoms with van der Waals surface area (Å²) in [7, 11) is 0. The fourth-order valence-corrected chi connectivity index (χ4v) is 4.18. The molecule has 0 aliphatic carbocycles. The van der Waals surface area contributed by atoms with Gasteiger partial charge in [0.1, 0.15) is 5.69 Å². The number of carbonyl (C=O) groups excluding carboxylic acids is 2. The molecule has 0 atom stereocenters. The lowest BCUT2D eigenvalue weighted by Gasteiger charge is -2.38. The molecule has 3 heterocycles. The van der Waals surface area contributed by atoms with Crippen molar-refractivity contribution in [2.45, 2.75) is 19.9 Å². The summed E-state index contributed by atoms with van der Waals surface area (Å²) in [5, 5.41) is 0. The van der Waals surface area contributed by atoms with Crippen LogP contribution in [0.1, 0.15) is 34.7 Å². The summed E-state index contributed by atoms with van der Waals surface area (Å²) < 4.78 is 0. The number of amides is 2. The van der Waals surface area contributed by atoms with Gasteiger partial charge in [-0.25, -0.2) is 4.98 Å². The maximum Gasteiger partial charge on any atom is 0.274 e. The lowest BCUT2D eigenvalue weighted by atomic mass is 10.1. The van der Waals surface area contributed by atoms with Crippen LogP contribution in [0.4, 0.5) is 5.69 Å². The average Bonchev–Trinajstić information content (AvgIpc) is 2.84. The first kappa shape index (κ1) is 21.2. The molecule has 0 spiro atoms. The summed E-state index contributed by atoms with van der Waals surface area (Å²) in [6, 6.07) is 8.52. The predicted octanol–water partition coefficient (Wildman–Crippen LogP) is 1.61. The van der Waals surface area contributed by atoms with Gasteiger partial charge in [0, 0.05) is 82.0 Å². The predicted molar refractivity (Wildman–Crippen MR) is 119 cm³/mol. The Bertz CT molecular complexity index is 886. The monoisotopic (exact) mass is 422 g/mol. The number of hydrogen-bond donors (Lipinski definition) is 0. The standard InChI is InChI=1S/C23H30N6O2/c1-18(2)26-9-11-27(12-10-26)20-5-3-19(4-6-20)22(30)28-13-15-29(16-14-28)23(31)21-17-24-7-8-25-21/h3-8,17-18H,9-16H2,1-2H3. The maximum atomic E-state index is 12.9. The highest BCUT2D eigenvalue weighted by Crippen LogP contribution is 2.19. The van der Waals surface area contributed by atoms with Gasteiger partial charge in [-0.2, -0.15) is 0 Å². The average molecular weight is 423 g/mol. The van der Waals surface area contributed by atoms with E-state index in [9.17, 15) is 9.59 Å². The van der Waals surface area contributed by atoms with Crippen molar-refractivity contribution in [3.63, 3.8) is 0 Å². The van der Waals surface area contributed by atoms with Crippen LogP contribution in [0, 0.1) is 0 Å². The number of carbonyl (C=O) groups is 2. The number of hydrogen-bond acceptors (Lipinski definition) is 6. The summed E-state index contributed by atoms with van der Waals surface area (Å²) in [6.45, 7) is 10.7. The molecule has 0 N–H and O–H groups in total. The Morgan fingerprint density at radius 1 is 0.806 bits per heavy atom. The molecule has 2 aliphatic rings. The zero-order valence-corrected chi connectivity index (χ0v) is 18.3. The zero-order valence-electron chi connectivity index (χ0n) is 18.3. The van der Waals surface area contributed by atoms with E-state index in [0.717, 1.165) is 26.2 Å². The van der Waals surface area contributed by atoms with Gasteiger partial charge in [0.05, 0.1) is 6.20 Å². The van der Waals surface area contributed by atoms with Crippen LogP contribution >= 0.6 is 0 Å². The fourth-order valence-electron chi connectivity index (χ4n) is 4.18. The first-order chi connectivity index (χ1) is 15.0. The molecule has 2 saturated heterocycles. The molecule has 0 bridgehead atoms. The highest BCUT2D eigenvalue weighted by Gasteiger charge is 2.26. The Balaban J connectivity index is 1.31. The van der Waals surface area contributed by atoms with Crippen LogP contribution in [-0.2, 0) is 0 Å². The molecule has 1 aromatic heterocycles. The van der Waals surface area contributed by atoms with Crippen molar-refractivity contribution < 1.29 is 9.59 Å². The van der Waals surface area contributed by atoms with Gasteiger partial charge < -0.3 is 14.7 Å². The first-order valence-electron chi connectivity index (χ1n) is 11.0. The van der Waals surface area contributed by atoms with Crippen LogP contribution < -0.4 is 4.90 Å². The van der Waals surface area contributed by atoms with Crippen molar-refractivity contribution in [1.82, 2.24) is 24.7 Å². The van der Waals surface area contributed by atoms with Gasteiger partial charge in [0.2, 0.25) is 0 Å². The smallest absolute Gasteiger partial charge is 0.274 e. The highest BCUT2D eigenvalue weighted by atomic mass is 16.2. The van der Waals surface area contributed by atoms with Crippen molar-refractivity contribution in [2.24, 2.45) is 0 Å². The molecular formula is C23H30N6O2. The Kier molecular flexibility index (Phi) is 6.46. The van der Waals surface area contributed by atoms with Crippen LogP contribution in [0.2, 0.25) is 0 Å². The van der Waals surface area contributed by atoms with Gasteiger partial charge >= 0.3 is 0 Å². The first-order valence-corrected chi connectivity index (χ1v) is 11.0. The lowest BCUT2D eigenvalue weighted by Crippen LogP contribution is -2.50. The van der Waals surface area contributed by atoms with Gasteiger partial charge in [-0.3, -0.25) is 19.5 Å². The highest BCUT2D eigenvalue weighted by molar-refractivity contribution is 5.95. The van der Waals surface area contributed by atoms with Crippen LogP contribution in [0.15, 0.2) is 42.9 Å². The van der Waals surface area contributed by atoms with Crippen molar-refractivity contribution in [3.05, 3.63) is 54.1 Å². The Morgan fingerprint density at radius 2 is 1.42 bits per heavy atom. The zero-order chi connectivity index (χ0) is 21.8. The van der Waals surface area contributed by atoms with E-state index < -0.39 is 0 Å². The van der Waals surface area contributed by atoms with E-state index in [4.69, 9.17) is 0 Å². The van der Waals surface area contributed by atoms with Gasteiger partial charge in [0.15, 0.2) is 0 Å². The van der Waals surface area contributed by atoms with Crippen molar-refractivity contribution in [3.8, 4) is 0 Å². The number of aromatic nitrogens is 2. The van der Waals surface area contributed by atoms with E-state index in [1.807, 2.05) is 29.2 Å². The molecule has 2 aliphatic heterocycles. The molecule has 164 valence electrons. The minimum Gasteiger partial charge on any atom is -0.369 e. The molecule has 0 unspecified atom stereocenters.